The molecule has 1 aliphatic rings. The fraction of sp³-hybridized carbons (Fsp3) is 0.615. The highest BCUT2D eigenvalue weighted by Crippen LogP contribution is 2.27. The summed E-state index contributed by atoms with van der Waals surface area (Å²) in [6.07, 6.45) is 0.835. The number of aliphatic carboxylic acids is 1. The van der Waals surface area contributed by atoms with Crippen LogP contribution < -0.4 is 5.32 Å². The number of rotatable bonds is 3. The quantitative estimate of drug-likeness (QED) is 0.752. The lowest BCUT2D eigenvalue weighted by molar-refractivity contribution is -0.144. The molecule has 0 aromatic heterocycles. The first-order valence-electron chi connectivity index (χ1n) is 6.16. The number of carboxylic acids is 1. The zero-order valence-electron chi connectivity index (χ0n) is 11.9. The monoisotopic (exact) mass is 285 g/mol. The van der Waals surface area contributed by atoms with Crippen molar-refractivity contribution in [1.82, 2.24) is 5.32 Å². The van der Waals surface area contributed by atoms with Crippen LogP contribution in [0.25, 0.3) is 0 Å². The highest BCUT2D eigenvalue weighted by molar-refractivity contribution is 5.96. The van der Waals surface area contributed by atoms with Crippen molar-refractivity contribution in [3.63, 3.8) is 0 Å². The van der Waals surface area contributed by atoms with Crippen LogP contribution in [-0.2, 0) is 19.1 Å². The minimum atomic E-state index is -1.13. The number of carbonyl (C=O) groups excluding carboxylic acids is 2. The molecular weight excluding hydrogens is 266 g/mol. The van der Waals surface area contributed by atoms with E-state index in [4.69, 9.17) is 9.84 Å². The van der Waals surface area contributed by atoms with Gasteiger partial charge in [-0.05, 0) is 27.2 Å². The molecule has 7 heteroatoms. The minimum Gasteiger partial charge on any atom is -0.481 e. The van der Waals surface area contributed by atoms with Crippen LogP contribution in [0.5, 0.6) is 0 Å². The normalized spacial score (nSPS) is 21.9. The Balaban J connectivity index is 2.74. The Labute approximate surface area is 116 Å². The zero-order chi connectivity index (χ0) is 15.5. The highest BCUT2D eigenvalue weighted by Gasteiger charge is 2.37. The second-order valence-electron chi connectivity index (χ2n) is 5.49. The van der Waals surface area contributed by atoms with Gasteiger partial charge in [0.05, 0.1) is 19.1 Å². The first kappa shape index (κ1) is 16.0. The van der Waals surface area contributed by atoms with Crippen LogP contribution in [0.15, 0.2) is 11.6 Å². The maximum absolute atomic E-state index is 11.6. The number of methoxy groups -OCH3 is 1. The van der Waals surface area contributed by atoms with Crippen LogP contribution in [0.2, 0.25) is 0 Å². The van der Waals surface area contributed by atoms with E-state index in [0.29, 0.717) is 0 Å². The third-order valence-corrected chi connectivity index (χ3v) is 2.67. The number of ether oxygens (including phenoxy) is 2. The van der Waals surface area contributed by atoms with E-state index >= 15 is 0 Å². The van der Waals surface area contributed by atoms with Crippen molar-refractivity contribution >= 4 is 18.0 Å². The number of nitrogens with one attached hydrogen (secondary N) is 1. The van der Waals surface area contributed by atoms with Crippen molar-refractivity contribution in [2.24, 2.45) is 5.92 Å². The molecule has 0 heterocycles. The Hall–Kier alpha value is -2.05. The first-order valence-corrected chi connectivity index (χ1v) is 6.16. The van der Waals surface area contributed by atoms with Gasteiger partial charge in [0.2, 0.25) is 0 Å². The lowest BCUT2D eigenvalue weighted by Crippen LogP contribution is -2.38. The van der Waals surface area contributed by atoms with Gasteiger partial charge < -0.3 is 19.9 Å². The van der Waals surface area contributed by atoms with E-state index in [9.17, 15) is 14.4 Å². The number of amides is 1. The number of hydrogen-bond acceptors (Lipinski definition) is 5. The summed E-state index contributed by atoms with van der Waals surface area (Å²) in [6.45, 7) is 5.16. The molecule has 0 unspecified atom stereocenters. The van der Waals surface area contributed by atoms with E-state index < -0.39 is 35.6 Å². The lowest BCUT2D eigenvalue weighted by Gasteiger charge is -2.21. The Morgan fingerprint density at radius 3 is 2.40 bits per heavy atom. The van der Waals surface area contributed by atoms with E-state index in [0.717, 1.165) is 0 Å². The topological polar surface area (TPSA) is 102 Å². The zero-order valence-corrected chi connectivity index (χ0v) is 11.9. The van der Waals surface area contributed by atoms with Crippen molar-refractivity contribution in [1.29, 1.82) is 0 Å². The smallest absolute Gasteiger partial charge is 0.408 e. The summed E-state index contributed by atoms with van der Waals surface area (Å²) in [5.41, 5.74) is -0.606. The van der Waals surface area contributed by atoms with Crippen molar-refractivity contribution in [2.45, 2.75) is 38.8 Å². The Morgan fingerprint density at radius 1 is 1.35 bits per heavy atom. The molecule has 0 spiro atoms. The van der Waals surface area contributed by atoms with Crippen molar-refractivity contribution in [3.05, 3.63) is 11.6 Å². The minimum absolute atomic E-state index is 0.0426. The lowest BCUT2D eigenvalue weighted by atomic mass is 10.0. The van der Waals surface area contributed by atoms with Gasteiger partial charge >= 0.3 is 18.0 Å². The fourth-order valence-corrected chi connectivity index (χ4v) is 1.90. The van der Waals surface area contributed by atoms with E-state index in [1.54, 1.807) is 20.8 Å². The molecule has 1 aliphatic carbocycles. The third-order valence-electron chi connectivity index (χ3n) is 2.67. The predicted molar refractivity (Wildman–Crippen MR) is 69.0 cm³/mol. The van der Waals surface area contributed by atoms with Crippen LogP contribution in [0.3, 0.4) is 0 Å². The Kier molecular flexibility index (Phi) is 4.75. The summed E-state index contributed by atoms with van der Waals surface area (Å²) in [7, 11) is 1.18. The van der Waals surface area contributed by atoms with E-state index in [1.807, 2.05) is 0 Å². The maximum atomic E-state index is 11.6. The molecular formula is C13H19NO6. The first-order chi connectivity index (χ1) is 9.14. The Morgan fingerprint density at radius 2 is 1.95 bits per heavy atom. The second kappa shape index (κ2) is 5.94. The van der Waals surface area contributed by atoms with Crippen LogP contribution >= 0.6 is 0 Å². The van der Waals surface area contributed by atoms with Crippen LogP contribution in [0, 0.1) is 5.92 Å². The van der Waals surface area contributed by atoms with E-state index in [1.165, 1.54) is 13.2 Å². The SMILES string of the molecule is COC(=O)C1=C[C@H](NC(=O)OC(C)(C)C)C[C@@H]1C(=O)O. The molecule has 0 saturated heterocycles. The molecule has 0 fully saturated rings. The van der Waals surface area contributed by atoms with Gasteiger partial charge in [-0.2, -0.15) is 0 Å². The van der Waals surface area contributed by atoms with Gasteiger partial charge in [0.25, 0.3) is 0 Å². The van der Waals surface area contributed by atoms with E-state index in [-0.39, 0.29) is 12.0 Å². The molecule has 7 nitrogen and oxygen atoms in total. The summed E-state index contributed by atoms with van der Waals surface area (Å²) >= 11 is 0. The largest absolute Gasteiger partial charge is 0.481 e. The summed E-state index contributed by atoms with van der Waals surface area (Å²) in [4.78, 5) is 34.2. The van der Waals surface area contributed by atoms with Crippen LogP contribution in [0.1, 0.15) is 27.2 Å². The highest BCUT2D eigenvalue weighted by atomic mass is 16.6. The summed E-state index contributed by atoms with van der Waals surface area (Å²) in [6, 6.07) is -0.569. The average Bonchev–Trinajstić information content (AvgIpc) is 2.69. The second-order valence-corrected chi connectivity index (χ2v) is 5.49. The van der Waals surface area contributed by atoms with E-state index in [2.05, 4.69) is 10.1 Å². The number of carbonyl (C=O) groups is 3. The van der Waals surface area contributed by atoms with Gasteiger partial charge in [0.1, 0.15) is 5.60 Å². The third kappa shape index (κ3) is 4.25. The average molecular weight is 285 g/mol. The molecule has 2 atom stereocenters. The summed E-state index contributed by atoms with van der Waals surface area (Å²) < 4.78 is 9.61. The number of alkyl carbamates (subject to hydrolysis) is 1. The predicted octanol–water partition coefficient (Wildman–Crippen LogP) is 1.08. The molecule has 0 bridgehead atoms. The molecule has 0 radical (unpaired) electrons. The molecule has 0 aromatic carbocycles. The molecule has 1 rings (SSSR count). The van der Waals surface area contributed by atoms with Gasteiger partial charge in [-0.15, -0.1) is 0 Å². The van der Waals surface area contributed by atoms with Gasteiger partial charge in [-0.3, -0.25) is 4.79 Å². The summed E-state index contributed by atoms with van der Waals surface area (Å²) in [5.74, 6) is -2.82. The standard InChI is InChI=1S/C13H19NO6/c1-13(2,3)20-12(18)14-7-5-8(10(15)16)9(6-7)11(17)19-4/h6-8H,5H2,1-4H3,(H,14,18)(H,15,16)/t7-,8+/m1/s1. The Bertz CT molecular complexity index is 448. The fourth-order valence-electron chi connectivity index (χ4n) is 1.90. The molecule has 2 N–H and O–H groups in total. The van der Waals surface area contributed by atoms with Crippen molar-refractivity contribution in [2.75, 3.05) is 7.11 Å². The van der Waals surface area contributed by atoms with Gasteiger partial charge in [0, 0.05) is 5.57 Å². The van der Waals surface area contributed by atoms with Gasteiger partial charge in [0.15, 0.2) is 0 Å². The molecule has 0 aliphatic heterocycles. The van der Waals surface area contributed by atoms with Crippen molar-refractivity contribution < 1.29 is 29.0 Å². The molecule has 0 saturated carbocycles. The summed E-state index contributed by atoms with van der Waals surface area (Å²) in [5, 5.41) is 11.6. The number of carboxylic acid groups (broad SMARTS) is 1. The maximum Gasteiger partial charge on any atom is 0.408 e. The van der Waals surface area contributed by atoms with Gasteiger partial charge in [-0.25, -0.2) is 9.59 Å². The molecule has 20 heavy (non-hydrogen) atoms. The van der Waals surface area contributed by atoms with Gasteiger partial charge in [-0.1, -0.05) is 6.08 Å². The van der Waals surface area contributed by atoms with Crippen molar-refractivity contribution in [3.8, 4) is 0 Å². The molecule has 112 valence electrons. The number of hydrogen-bond donors (Lipinski definition) is 2. The van der Waals surface area contributed by atoms with Crippen LogP contribution in [-0.4, -0.2) is 41.9 Å². The molecule has 0 aromatic rings. The van der Waals surface area contributed by atoms with Crippen LogP contribution in [0.4, 0.5) is 4.79 Å². The number of esters is 1. The molecule has 1 amide bonds.